The smallest absolute Gasteiger partial charge is 0.343 e. The molecule has 5 heteroatoms. The number of hydrogen-bond donors (Lipinski definition) is 0. The molecule has 1 fully saturated rings. The van der Waals surface area contributed by atoms with Crippen LogP contribution in [0.5, 0.6) is 0 Å². The summed E-state index contributed by atoms with van der Waals surface area (Å²) >= 11 is 0. The van der Waals surface area contributed by atoms with Gasteiger partial charge in [-0.3, -0.25) is 4.99 Å². The van der Waals surface area contributed by atoms with Gasteiger partial charge in [-0.2, -0.15) is 0 Å². The first kappa shape index (κ1) is 22.9. The van der Waals surface area contributed by atoms with Gasteiger partial charge in [0.1, 0.15) is 5.58 Å². The number of aliphatic imine (C=N–C) groups is 1. The maximum Gasteiger partial charge on any atom is 0.343 e. The van der Waals surface area contributed by atoms with Gasteiger partial charge in [-0.1, -0.05) is 39.0 Å². The Labute approximate surface area is 202 Å². The Morgan fingerprint density at radius 3 is 2.71 bits per heavy atom. The van der Waals surface area contributed by atoms with E-state index in [1.807, 2.05) is 25.4 Å². The average molecular weight is 458 g/mol. The molecule has 1 unspecified atom stereocenters. The number of nitrogens with zero attached hydrogens (tertiary/aromatic N) is 3. The Bertz CT molecular complexity index is 1260. The van der Waals surface area contributed by atoms with E-state index in [2.05, 4.69) is 66.0 Å². The van der Waals surface area contributed by atoms with Gasteiger partial charge in [-0.05, 0) is 80.3 Å². The summed E-state index contributed by atoms with van der Waals surface area (Å²) in [7, 11) is 0. The van der Waals surface area contributed by atoms with E-state index in [9.17, 15) is 4.79 Å². The van der Waals surface area contributed by atoms with Gasteiger partial charge in [0.25, 0.3) is 0 Å². The predicted octanol–water partition coefficient (Wildman–Crippen LogP) is 6.14. The standard InChI is InChI=1S/C29H35N3O2/c1-19(2)16-31-11-9-22(10-12-31)23-6-7-24-13-26(29(33)34-28(24)14-23)27-18-32-17-21(4)30-15-25(32)8-5-20(27)3/h6-8,13-15,17-20,22H,5,9-12,16H2,1-4H3. The minimum atomic E-state index is -0.260. The summed E-state index contributed by atoms with van der Waals surface area (Å²) in [6.45, 7) is 12.2. The number of piperidine rings is 1. The summed E-state index contributed by atoms with van der Waals surface area (Å²) in [5.74, 6) is 1.44. The Kier molecular flexibility index (Phi) is 6.30. The molecule has 1 aromatic carbocycles. The Morgan fingerprint density at radius 1 is 1.15 bits per heavy atom. The molecular weight excluding hydrogens is 422 g/mol. The Morgan fingerprint density at radius 2 is 1.94 bits per heavy atom. The third kappa shape index (κ3) is 4.67. The van der Waals surface area contributed by atoms with Crippen molar-refractivity contribution in [2.24, 2.45) is 16.8 Å². The lowest BCUT2D eigenvalue weighted by Gasteiger charge is -2.33. The molecule has 0 bridgehead atoms. The van der Waals surface area contributed by atoms with Gasteiger partial charge in [0.05, 0.1) is 23.2 Å². The summed E-state index contributed by atoms with van der Waals surface area (Å²) in [5, 5.41) is 0.980. The lowest BCUT2D eigenvalue weighted by Crippen LogP contribution is -2.35. The molecule has 0 amide bonds. The van der Waals surface area contributed by atoms with E-state index in [0.29, 0.717) is 23.0 Å². The van der Waals surface area contributed by atoms with Crippen LogP contribution in [0.2, 0.25) is 0 Å². The van der Waals surface area contributed by atoms with Crippen LogP contribution >= 0.6 is 0 Å². The molecule has 3 aliphatic rings. The van der Waals surface area contributed by atoms with Crippen LogP contribution in [0, 0.1) is 11.8 Å². The summed E-state index contributed by atoms with van der Waals surface area (Å²) in [6.07, 6.45) is 11.3. The van der Waals surface area contributed by atoms with E-state index in [1.54, 1.807) is 0 Å². The Balaban J connectivity index is 1.42. The SMILES string of the molecule is CC1=CN2C=C(c3cc4ccc(C5CCN(CC(C)C)CC5)cc4oc3=O)C(C)CC=C2C=N1. The van der Waals surface area contributed by atoms with Crippen molar-refractivity contribution >= 4 is 22.8 Å². The second kappa shape index (κ2) is 9.38. The lowest BCUT2D eigenvalue weighted by atomic mass is 9.88. The van der Waals surface area contributed by atoms with Gasteiger partial charge < -0.3 is 14.2 Å². The third-order valence-electron chi connectivity index (χ3n) is 7.27. The first-order valence-electron chi connectivity index (χ1n) is 12.6. The van der Waals surface area contributed by atoms with E-state index in [0.717, 1.165) is 54.7 Å². The molecule has 1 atom stereocenters. The van der Waals surface area contributed by atoms with Crippen LogP contribution < -0.4 is 5.63 Å². The lowest BCUT2D eigenvalue weighted by molar-refractivity contribution is 0.192. The van der Waals surface area contributed by atoms with Gasteiger partial charge in [-0.15, -0.1) is 0 Å². The van der Waals surface area contributed by atoms with Crippen molar-refractivity contribution in [3.63, 3.8) is 0 Å². The van der Waals surface area contributed by atoms with Gasteiger partial charge in [0.15, 0.2) is 0 Å². The maximum atomic E-state index is 13.2. The number of allylic oxidation sites excluding steroid dienone is 4. The largest absolute Gasteiger partial charge is 0.422 e. The van der Waals surface area contributed by atoms with Gasteiger partial charge in [-0.25, -0.2) is 4.79 Å². The molecule has 178 valence electrons. The zero-order valence-corrected chi connectivity index (χ0v) is 20.8. The molecule has 0 aliphatic carbocycles. The molecule has 0 spiro atoms. The molecule has 34 heavy (non-hydrogen) atoms. The number of rotatable bonds is 4. The van der Waals surface area contributed by atoms with Crippen molar-refractivity contribution in [2.45, 2.75) is 52.9 Å². The van der Waals surface area contributed by atoms with Crippen molar-refractivity contribution in [2.75, 3.05) is 19.6 Å². The zero-order chi connectivity index (χ0) is 23.8. The molecular formula is C29H35N3O2. The van der Waals surface area contributed by atoms with Gasteiger partial charge in [0, 0.05) is 24.3 Å². The second-order valence-corrected chi connectivity index (χ2v) is 10.5. The summed E-state index contributed by atoms with van der Waals surface area (Å²) in [5.41, 5.74) is 5.36. The van der Waals surface area contributed by atoms with Crippen LogP contribution in [-0.2, 0) is 0 Å². The fraction of sp³-hybridized carbons (Fsp3) is 0.448. The van der Waals surface area contributed by atoms with Crippen molar-refractivity contribution < 1.29 is 4.42 Å². The molecule has 5 rings (SSSR count). The van der Waals surface area contributed by atoms with Crippen LogP contribution in [0.4, 0.5) is 0 Å². The van der Waals surface area contributed by atoms with E-state index >= 15 is 0 Å². The summed E-state index contributed by atoms with van der Waals surface area (Å²) < 4.78 is 5.91. The summed E-state index contributed by atoms with van der Waals surface area (Å²) in [4.78, 5) is 22.2. The maximum absolute atomic E-state index is 13.2. The molecule has 4 heterocycles. The van der Waals surface area contributed by atoms with Crippen molar-refractivity contribution in [3.05, 3.63) is 75.7 Å². The molecule has 5 nitrogen and oxygen atoms in total. The topological polar surface area (TPSA) is 49.0 Å². The normalized spacial score (nSPS) is 21.9. The fourth-order valence-electron chi connectivity index (χ4n) is 5.40. The highest BCUT2D eigenvalue weighted by Gasteiger charge is 2.24. The van der Waals surface area contributed by atoms with Crippen LogP contribution in [0.25, 0.3) is 16.5 Å². The highest BCUT2D eigenvalue weighted by Crippen LogP contribution is 2.34. The average Bonchev–Trinajstić information content (AvgIpc) is 2.97. The van der Waals surface area contributed by atoms with E-state index < -0.39 is 0 Å². The fourth-order valence-corrected chi connectivity index (χ4v) is 5.40. The van der Waals surface area contributed by atoms with Crippen LogP contribution in [0.3, 0.4) is 0 Å². The van der Waals surface area contributed by atoms with Crippen LogP contribution in [0.15, 0.2) is 68.3 Å². The number of fused-ring (bicyclic) bond motifs is 2. The summed E-state index contributed by atoms with van der Waals surface area (Å²) in [6, 6.07) is 8.46. The molecule has 1 aromatic heterocycles. The highest BCUT2D eigenvalue weighted by molar-refractivity contribution is 5.84. The number of hydrogen-bond acceptors (Lipinski definition) is 5. The third-order valence-corrected chi connectivity index (χ3v) is 7.27. The molecule has 2 aromatic rings. The molecule has 3 aliphatic heterocycles. The van der Waals surface area contributed by atoms with Crippen LogP contribution in [-0.4, -0.2) is 35.6 Å². The van der Waals surface area contributed by atoms with Crippen molar-refractivity contribution in [3.8, 4) is 0 Å². The monoisotopic (exact) mass is 457 g/mol. The van der Waals surface area contributed by atoms with Crippen molar-refractivity contribution in [1.29, 1.82) is 0 Å². The molecule has 1 saturated heterocycles. The first-order valence-corrected chi connectivity index (χ1v) is 12.6. The van der Waals surface area contributed by atoms with E-state index in [4.69, 9.17) is 4.42 Å². The molecule has 0 saturated carbocycles. The highest BCUT2D eigenvalue weighted by atomic mass is 16.4. The number of likely N-dealkylation sites (tertiary alicyclic amines) is 1. The second-order valence-electron chi connectivity index (χ2n) is 10.5. The number of benzene rings is 1. The minimum Gasteiger partial charge on any atom is -0.422 e. The molecule has 0 radical (unpaired) electrons. The predicted molar refractivity (Wildman–Crippen MR) is 140 cm³/mol. The van der Waals surface area contributed by atoms with E-state index in [1.165, 1.54) is 12.1 Å². The molecule has 0 N–H and O–H groups in total. The van der Waals surface area contributed by atoms with Crippen LogP contribution in [0.1, 0.15) is 64.0 Å². The van der Waals surface area contributed by atoms with Gasteiger partial charge >= 0.3 is 5.63 Å². The first-order chi connectivity index (χ1) is 16.4. The minimum absolute atomic E-state index is 0.204. The quantitative estimate of drug-likeness (QED) is 0.518. The zero-order valence-electron chi connectivity index (χ0n) is 20.8. The van der Waals surface area contributed by atoms with Gasteiger partial charge in [0.2, 0.25) is 0 Å². The van der Waals surface area contributed by atoms with Crippen molar-refractivity contribution in [1.82, 2.24) is 9.80 Å². The Hall–Kier alpha value is -2.92. The van der Waals surface area contributed by atoms with E-state index in [-0.39, 0.29) is 11.5 Å².